The van der Waals surface area contributed by atoms with Crippen molar-refractivity contribution in [3.05, 3.63) is 59.2 Å². The Kier molecular flexibility index (Phi) is 4.64. The first-order chi connectivity index (χ1) is 12.2. The maximum atomic E-state index is 12.3. The summed E-state index contributed by atoms with van der Waals surface area (Å²) in [5.41, 5.74) is 15.1. The van der Waals surface area contributed by atoms with Gasteiger partial charge in [0.1, 0.15) is 5.82 Å². The Morgan fingerprint density at radius 2 is 1.54 bits per heavy atom. The Morgan fingerprint density at radius 1 is 0.923 bits per heavy atom. The second-order valence-corrected chi connectivity index (χ2v) is 7.59. The highest BCUT2D eigenvalue weighted by Crippen LogP contribution is 2.23. The monoisotopic (exact) mass is 348 g/mol. The van der Waals surface area contributed by atoms with Crippen LogP contribution < -0.4 is 11.5 Å². The van der Waals surface area contributed by atoms with E-state index < -0.39 is 0 Å². The van der Waals surface area contributed by atoms with Gasteiger partial charge in [-0.1, -0.05) is 51.1 Å². The molecular formula is C21H24N4O. The van der Waals surface area contributed by atoms with E-state index in [-0.39, 0.29) is 17.1 Å². The molecule has 0 saturated heterocycles. The van der Waals surface area contributed by atoms with E-state index in [0.29, 0.717) is 5.82 Å². The third kappa shape index (κ3) is 3.82. The van der Waals surface area contributed by atoms with E-state index in [1.54, 1.807) is 0 Å². The van der Waals surface area contributed by atoms with E-state index in [2.05, 4.69) is 9.97 Å². The van der Waals surface area contributed by atoms with Gasteiger partial charge in [0.25, 0.3) is 0 Å². The molecule has 0 unspecified atom stereocenters. The minimum atomic E-state index is -0.363. The van der Waals surface area contributed by atoms with Crippen LogP contribution in [0.25, 0.3) is 10.9 Å². The number of nitrogen functional groups attached to an aromatic ring is 2. The molecule has 1 heterocycles. The van der Waals surface area contributed by atoms with Crippen LogP contribution in [0.1, 0.15) is 42.3 Å². The molecule has 0 fully saturated rings. The van der Waals surface area contributed by atoms with Gasteiger partial charge in [-0.3, -0.25) is 4.79 Å². The van der Waals surface area contributed by atoms with Crippen LogP contribution in [0, 0.1) is 5.41 Å². The minimum absolute atomic E-state index is 0.160. The number of benzene rings is 2. The summed E-state index contributed by atoms with van der Waals surface area (Å²) in [5, 5.41) is 0.822. The summed E-state index contributed by atoms with van der Waals surface area (Å²) in [6.45, 7) is 5.81. The summed E-state index contributed by atoms with van der Waals surface area (Å²) < 4.78 is 0. The third-order valence-electron chi connectivity index (χ3n) is 4.41. The van der Waals surface area contributed by atoms with Gasteiger partial charge in [0, 0.05) is 16.4 Å². The number of hydrogen-bond donors (Lipinski definition) is 2. The largest absolute Gasteiger partial charge is 0.383 e. The molecule has 2 aromatic carbocycles. The number of anilines is 2. The Labute approximate surface area is 153 Å². The molecule has 0 bridgehead atoms. The molecule has 134 valence electrons. The van der Waals surface area contributed by atoms with Crippen LogP contribution in [0.5, 0.6) is 0 Å². The van der Waals surface area contributed by atoms with Crippen LogP contribution in [-0.4, -0.2) is 15.8 Å². The smallest absolute Gasteiger partial charge is 0.222 e. The first-order valence-electron chi connectivity index (χ1n) is 8.69. The van der Waals surface area contributed by atoms with Crippen LogP contribution in [-0.2, 0) is 12.8 Å². The zero-order valence-electron chi connectivity index (χ0n) is 15.4. The Bertz CT molecular complexity index is 956. The van der Waals surface area contributed by atoms with Gasteiger partial charge >= 0.3 is 0 Å². The molecule has 0 saturated carbocycles. The average molecular weight is 348 g/mol. The molecule has 0 radical (unpaired) electrons. The number of aryl methyl sites for hydroxylation is 2. The number of nitrogens with zero attached hydrogens (tertiary/aromatic N) is 2. The molecule has 0 spiro atoms. The van der Waals surface area contributed by atoms with Gasteiger partial charge in [-0.2, -0.15) is 4.98 Å². The standard InChI is InChI=1S/C21H24N4O/c1-21(2,3)18(26)15-9-6-13(7-10-15)4-5-14-8-11-17-16(12-14)19(22)25-20(23)24-17/h6-12H,4-5H2,1-3H3,(H4,22,23,24,25). The van der Waals surface area contributed by atoms with E-state index in [0.717, 1.165) is 34.9 Å². The normalized spacial score (nSPS) is 11.7. The Balaban J connectivity index is 1.73. The summed E-state index contributed by atoms with van der Waals surface area (Å²) in [4.78, 5) is 20.5. The maximum Gasteiger partial charge on any atom is 0.222 e. The first kappa shape index (κ1) is 17.9. The van der Waals surface area contributed by atoms with Gasteiger partial charge in [-0.05, 0) is 36.1 Å². The van der Waals surface area contributed by atoms with E-state index >= 15 is 0 Å². The minimum Gasteiger partial charge on any atom is -0.383 e. The number of fused-ring (bicyclic) bond motifs is 1. The topological polar surface area (TPSA) is 94.9 Å². The summed E-state index contributed by atoms with van der Waals surface area (Å²) in [6, 6.07) is 13.9. The maximum absolute atomic E-state index is 12.3. The highest BCUT2D eigenvalue weighted by atomic mass is 16.1. The van der Waals surface area contributed by atoms with Crippen LogP contribution in [0.4, 0.5) is 11.8 Å². The molecule has 0 amide bonds. The van der Waals surface area contributed by atoms with E-state index in [9.17, 15) is 4.79 Å². The molecule has 0 aliphatic rings. The fourth-order valence-electron chi connectivity index (χ4n) is 2.92. The predicted octanol–water partition coefficient (Wildman–Crippen LogP) is 3.81. The van der Waals surface area contributed by atoms with Crippen LogP contribution in [0.2, 0.25) is 0 Å². The second kappa shape index (κ2) is 6.75. The second-order valence-electron chi connectivity index (χ2n) is 7.59. The van der Waals surface area contributed by atoms with Crippen molar-refractivity contribution in [2.24, 2.45) is 5.41 Å². The quantitative estimate of drug-likeness (QED) is 0.699. The molecular weight excluding hydrogens is 324 g/mol. The van der Waals surface area contributed by atoms with E-state index in [1.807, 2.05) is 63.2 Å². The lowest BCUT2D eigenvalue weighted by molar-refractivity contribution is 0.0858. The molecule has 4 N–H and O–H groups in total. The van der Waals surface area contributed by atoms with Crippen molar-refractivity contribution >= 4 is 28.5 Å². The molecule has 3 aromatic rings. The van der Waals surface area contributed by atoms with E-state index in [1.165, 1.54) is 5.56 Å². The van der Waals surface area contributed by atoms with Crippen molar-refractivity contribution in [1.29, 1.82) is 0 Å². The number of Topliss-reactive ketones (excluding diaryl/α,β-unsaturated/α-hetero) is 1. The molecule has 3 rings (SSSR count). The van der Waals surface area contributed by atoms with Crippen molar-refractivity contribution in [3.63, 3.8) is 0 Å². The zero-order chi connectivity index (χ0) is 18.9. The number of aromatic nitrogens is 2. The molecule has 0 atom stereocenters. The molecule has 0 aliphatic heterocycles. The van der Waals surface area contributed by atoms with Crippen molar-refractivity contribution in [3.8, 4) is 0 Å². The average Bonchev–Trinajstić information content (AvgIpc) is 2.59. The lowest BCUT2D eigenvalue weighted by Gasteiger charge is -2.16. The lowest BCUT2D eigenvalue weighted by Crippen LogP contribution is -2.20. The van der Waals surface area contributed by atoms with Gasteiger partial charge < -0.3 is 11.5 Å². The molecule has 5 heteroatoms. The van der Waals surface area contributed by atoms with Gasteiger partial charge in [0.05, 0.1) is 5.52 Å². The van der Waals surface area contributed by atoms with Crippen molar-refractivity contribution in [2.45, 2.75) is 33.6 Å². The Hall–Kier alpha value is -2.95. The number of hydrogen-bond acceptors (Lipinski definition) is 5. The highest BCUT2D eigenvalue weighted by molar-refractivity contribution is 5.99. The fraction of sp³-hybridized carbons (Fsp3) is 0.286. The van der Waals surface area contributed by atoms with Gasteiger partial charge in [0.15, 0.2) is 5.78 Å². The molecule has 5 nitrogen and oxygen atoms in total. The van der Waals surface area contributed by atoms with Crippen molar-refractivity contribution < 1.29 is 4.79 Å². The lowest BCUT2D eigenvalue weighted by atomic mass is 9.86. The van der Waals surface area contributed by atoms with Crippen molar-refractivity contribution in [1.82, 2.24) is 9.97 Å². The first-order valence-corrected chi connectivity index (χ1v) is 8.69. The number of carbonyl (C=O) groups is 1. The van der Waals surface area contributed by atoms with Crippen LogP contribution in [0.3, 0.4) is 0 Å². The van der Waals surface area contributed by atoms with Gasteiger partial charge in [-0.15, -0.1) is 0 Å². The summed E-state index contributed by atoms with van der Waals surface area (Å²) in [5.74, 6) is 0.750. The number of carbonyl (C=O) groups excluding carboxylic acids is 1. The predicted molar refractivity (Wildman–Crippen MR) is 106 cm³/mol. The SMILES string of the molecule is CC(C)(C)C(=O)c1ccc(CCc2ccc3nc(N)nc(N)c3c2)cc1. The van der Waals surface area contributed by atoms with Crippen LogP contribution in [0.15, 0.2) is 42.5 Å². The number of ketones is 1. The van der Waals surface area contributed by atoms with Gasteiger partial charge in [-0.25, -0.2) is 4.98 Å². The van der Waals surface area contributed by atoms with E-state index in [4.69, 9.17) is 11.5 Å². The van der Waals surface area contributed by atoms with Gasteiger partial charge in [0.2, 0.25) is 5.95 Å². The number of nitrogens with two attached hydrogens (primary N) is 2. The number of rotatable bonds is 4. The van der Waals surface area contributed by atoms with Crippen molar-refractivity contribution in [2.75, 3.05) is 11.5 Å². The zero-order valence-corrected chi connectivity index (χ0v) is 15.4. The highest BCUT2D eigenvalue weighted by Gasteiger charge is 2.22. The molecule has 26 heavy (non-hydrogen) atoms. The third-order valence-corrected chi connectivity index (χ3v) is 4.41. The molecule has 0 aliphatic carbocycles. The summed E-state index contributed by atoms with van der Waals surface area (Å²) in [7, 11) is 0. The van der Waals surface area contributed by atoms with Crippen LogP contribution >= 0.6 is 0 Å². The molecule has 1 aromatic heterocycles. The summed E-state index contributed by atoms with van der Waals surface area (Å²) >= 11 is 0. The fourth-order valence-corrected chi connectivity index (χ4v) is 2.92. The summed E-state index contributed by atoms with van der Waals surface area (Å²) in [6.07, 6.45) is 1.75. The Morgan fingerprint density at radius 3 is 2.19 bits per heavy atom.